The summed E-state index contributed by atoms with van der Waals surface area (Å²) in [6, 6.07) is 0. The second-order valence-electron chi connectivity index (χ2n) is 4.01. The van der Waals surface area contributed by atoms with Crippen LogP contribution in [0.25, 0.3) is 0 Å². The van der Waals surface area contributed by atoms with Gasteiger partial charge in [0.1, 0.15) is 0 Å². The maximum Gasteiger partial charge on any atom is 0.233 e. The van der Waals surface area contributed by atoms with E-state index in [1.54, 1.807) is 0 Å². The molecule has 0 aliphatic carbocycles. The van der Waals surface area contributed by atoms with Crippen molar-refractivity contribution in [2.45, 2.75) is 13.3 Å². The van der Waals surface area contributed by atoms with Gasteiger partial charge in [-0.15, -0.1) is 0 Å². The zero-order valence-electron chi connectivity index (χ0n) is 9.60. The lowest BCUT2D eigenvalue weighted by atomic mass is 10.0. The summed E-state index contributed by atoms with van der Waals surface area (Å²) in [5.41, 5.74) is 0. The normalized spacial score (nSPS) is 15.5. The van der Waals surface area contributed by atoms with Gasteiger partial charge in [-0.1, -0.05) is 18.5 Å². The maximum absolute atomic E-state index is 11.3. The molecule has 2 rings (SSSR count). The van der Waals surface area contributed by atoms with Crippen LogP contribution < -0.4 is 4.74 Å². The Hall–Kier alpha value is -1.36. The predicted molar refractivity (Wildman–Crippen MR) is 62.9 cm³/mol. The van der Waals surface area contributed by atoms with Crippen LogP contribution in [0.3, 0.4) is 0 Å². The Bertz CT molecular complexity index is 407. The third-order valence-electron chi connectivity index (χ3n) is 2.66. The number of halogens is 1. The van der Waals surface area contributed by atoms with Crippen LogP contribution in [0.1, 0.15) is 13.3 Å². The van der Waals surface area contributed by atoms with Gasteiger partial charge in [0.2, 0.25) is 11.8 Å². The van der Waals surface area contributed by atoms with Crippen molar-refractivity contribution in [2.75, 3.05) is 19.7 Å². The van der Waals surface area contributed by atoms with Gasteiger partial charge >= 0.3 is 0 Å². The molecule has 0 bridgehead atoms. The molecular weight excluding hydrogens is 242 g/mol. The molecule has 1 aromatic heterocycles. The summed E-state index contributed by atoms with van der Waals surface area (Å²) >= 11 is 5.69. The lowest BCUT2D eigenvalue weighted by Crippen LogP contribution is -2.51. The lowest BCUT2D eigenvalue weighted by molar-refractivity contribution is -0.137. The fourth-order valence-corrected chi connectivity index (χ4v) is 1.84. The summed E-state index contributed by atoms with van der Waals surface area (Å²) in [5.74, 6) is 1.01. The quantitative estimate of drug-likeness (QED) is 0.816. The van der Waals surface area contributed by atoms with Gasteiger partial charge in [-0.25, -0.2) is 0 Å². The van der Waals surface area contributed by atoms with Crippen molar-refractivity contribution in [3.05, 3.63) is 17.5 Å². The first-order chi connectivity index (χ1) is 8.19. The largest absolute Gasteiger partial charge is 0.476 e. The van der Waals surface area contributed by atoms with E-state index in [1.165, 1.54) is 12.4 Å². The van der Waals surface area contributed by atoms with Crippen molar-refractivity contribution in [1.82, 2.24) is 14.9 Å². The lowest BCUT2D eigenvalue weighted by Gasteiger charge is -2.38. The summed E-state index contributed by atoms with van der Waals surface area (Å²) in [4.78, 5) is 21.0. The zero-order valence-corrected chi connectivity index (χ0v) is 10.4. The number of carbonyl (C=O) groups excluding carboxylic acids is 1. The Balaban J connectivity index is 1.73. The van der Waals surface area contributed by atoms with E-state index in [0.29, 0.717) is 30.0 Å². The molecule has 0 unspecified atom stereocenters. The molecule has 0 atom stereocenters. The Labute approximate surface area is 105 Å². The highest BCUT2D eigenvalue weighted by Gasteiger charge is 2.30. The fourth-order valence-electron chi connectivity index (χ4n) is 1.70. The number of likely N-dealkylation sites (tertiary alicyclic amines) is 1. The Morgan fingerprint density at radius 3 is 3.00 bits per heavy atom. The minimum absolute atomic E-state index is 0.198. The van der Waals surface area contributed by atoms with Crippen LogP contribution in [-0.4, -0.2) is 40.5 Å². The van der Waals surface area contributed by atoms with Gasteiger partial charge in [-0.05, 0) is 0 Å². The fraction of sp³-hybridized carbons (Fsp3) is 0.545. The molecule has 2 heterocycles. The smallest absolute Gasteiger partial charge is 0.233 e. The first kappa shape index (κ1) is 12.1. The summed E-state index contributed by atoms with van der Waals surface area (Å²) in [6.07, 6.45) is 3.55. The molecule has 92 valence electrons. The molecule has 1 saturated heterocycles. The highest BCUT2D eigenvalue weighted by molar-refractivity contribution is 6.29. The maximum atomic E-state index is 11.3. The molecule has 1 aliphatic heterocycles. The number of nitrogens with zero attached hydrogens (tertiary/aromatic N) is 3. The molecule has 0 radical (unpaired) electrons. The molecule has 5 nitrogen and oxygen atoms in total. The molecular formula is C11H14ClN3O2. The molecule has 1 fully saturated rings. The van der Waals surface area contributed by atoms with Crippen LogP contribution in [-0.2, 0) is 4.79 Å². The summed E-state index contributed by atoms with van der Waals surface area (Å²) in [6.45, 7) is 3.94. The number of hydrogen-bond donors (Lipinski definition) is 0. The highest BCUT2D eigenvalue weighted by atomic mass is 35.5. The summed E-state index contributed by atoms with van der Waals surface area (Å²) < 4.78 is 5.46. The van der Waals surface area contributed by atoms with Crippen LogP contribution in [0.5, 0.6) is 5.88 Å². The molecule has 1 amide bonds. The van der Waals surface area contributed by atoms with Crippen LogP contribution in [0.15, 0.2) is 12.4 Å². The van der Waals surface area contributed by atoms with Crippen molar-refractivity contribution >= 4 is 17.5 Å². The van der Waals surface area contributed by atoms with Gasteiger partial charge in [0.25, 0.3) is 0 Å². The number of aromatic nitrogens is 2. The van der Waals surface area contributed by atoms with Gasteiger partial charge < -0.3 is 9.64 Å². The van der Waals surface area contributed by atoms with Gasteiger partial charge in [0, 0.05) is 25.4 Å². The van der Waals surface area contributed by atoms with E-state index >= 15 is 0 Å². The SMILES string of the molecule is CCC(=O)N1CC(COc2cncc(Cl)n2)C1. The van der Waals surface area contributed by atoms with Crippen LogP contribution in [0, 0.1) is 5.92 Å². The van der Waals surface area contributed by atoms with Crippen LogP contribution >= 0.6 is 11.6 Å². The van der Waals surface area contributed by atoms with Gasteiger partial charge in [0.05, 0.1) is 19.0 Å². The zero-order chi connectivity index (χ0) is 12.3. The predicted octanol–water partition coefficient (Wildman–Crippen LogP) is 1.38. The van der Waals surface area contributed by atoms with E-state index in [0.717, 1.165) is 13.1 Å². The van der Waals surface area contributed by atoms with E-state index in [4.69, 9.17) is 16.3 Å². The Morgan fingerprint density at radius 2 is 2.35 bits per heavy atom. The average molecular weight is 256 g/mol. The van der Waals surface area contributed by atoms with Crippen molar-refractivity contribution < 1.29 is 9.53 Å². The van der Waals surface area contributed by atoms with E-state index in [-0.39, 0.29) is 5.91 Å². The molecule has 0 N–H and O–H groups in total. The van der Waals surface area contributed by atoms with Gasteiger partial charge in [0.15, 0.2) is 5.15 Å². The van der Waals surface area contributed by atoms with Gasteiger partial charge in [-0.3, -0.25) is 9.78 Å². The number of rotatable bonds is 4. The molecule has 0 aromatic carbocycles. The average Bonchev–Trinajstić information content (AvgIpc) is 2.26. The number of hydrogen-bond acceptors (Lipinski definition) is 4. The molecule has 0 saturated carbocycles. The summed E-state index contributed by atoms with van der Waals surface area (Å²) in [7, 11) is 0. The second-order valence-corrected chi connectivity index (χ2v) is 4.40. The van der Waals surface area contributed by atoms with E-state index in [9.17, 15) is 4.79 Å². The standard InChI is InChI=1S/C11H14ClN3O2/c1-2-11(16)15-5-8(6-15)7-17-10-4-13-3-9(12)14-10/h3-4,8H,2,5-7H2,1H3. The highest BCUT2D eigenvalue weighted by Crippen LogP contribution is 2.18. The van der Waals surface area contributed by atoms with Crippen molar-refractivity contribution in [1.29, 1.82) is 0 Å². The third kappa shape index (κ3) is 3.06. The second kappa shape index (κ2) is 5.31. The van der Waals surface area contributed by atoms with Crippen molar-refractivity contribution in [3.8, 4) is 5.88 Å². The topological polar surface area (TPSA) is 55.3 Å². The van der Waals surface area contributed by atoms with Crippen molar-refractivity contribution in [2.24, 2.45) is 5.92 Å². The minimum Gasteiger partial charge on any atom is -0.476 e. The van der Waals surface area contributed by atoms with E-state index in [1.807, 2.05) is 11.8 Å². The van der Waals surface area contributed by atoms with Gasteiger partial charge in [-0.2, -0.15) is 4.98 Å². The summed E-state index contributed by atoms with van der Waals surface area (Å²) in [5, 5.41) is 0.318. The first-order valence-electron chi connectivity index (χ1n) is 5.57. The van der Waals surface area contributed by atoms with E-state index < -0.39 is 0 Å². The molecule has 6 heteroatoms. The molecule has 1 aromatic rings. The number of ether oxygens (including phenoxy) is 1. The minimum atomic E-state index is 0.198. The Morgan fingerprint density at radius 1 is 1.59 bits per heavy atom. The molecule has 1 aliphatic rings. The molecule has 0 spiro atoms. The van der Waals surface area contributed by atoms with Crippen molar-refractivity contribution in [3.63, 3.8) is 0 Å². The molecule has 17 heavy (non-hydrogen) atoms. The van der Waals surface area contributed by atoms with Crippen LogP contribution in [0.2, 0.25) is 5.15 Å². The van der Waals surface area contributed by atoms with E-state index in [2.05, 4.69) is 9.97 Å². The van der Waals surface area contributed by atoms with Crippen LogP contribution in [0.4, 0.5) is 0 Å². The number of amides is 1. The Kier molecular flexibility index (Phi) is 3.78. The first-order valence-corrected chi connectivity index (χ1v) is 5.95. The third-order valence-corrected chi connectivity index (χ3v) is 2.84. The monoisotopic (exact) mass is 255 g/mol. The number of carbonyl (C=O) groups is 1.